The van der Waals surface area contributed by atoms with Crippen LogP contribution in [0.25, 0.3) is 0 Å². The molecule has 2 N–H and O–H groups in total. The molecule has 1 aromatic heterocycles. The van der Waals surface area contributed by atoms with Gasteiger partial charge in [0.25, 0.3) is 0 Å². The predicted octanol–water partition coefficient (Wildman–Crippen LogP) is 3.76. The molecule has 4 rings (SSSR count). The number of hydrogen-bond donors (Lipinski definition) is 2. The summed E-state index contributed by atoms with van der Waals surface area (Å²) in [6.07, 6.45) is 3.10. The van der Waals surface area contributed by atoms with Crippen LogP contribution in [0.4, 0.5) is 10.5 Å². The molecular formula is C25H28N4O3. The summed E-state index contributed by atoms with van der Waals surface area (Å²) >= 11 is 0. The van der Waals surface area contributed by atoms with Crippen LogP contribution in [-0.2, 0) is 24.1 Å². The molecule has 1 aliphatic heterocycles. The lowest BCUT2D eigenvalue weighted by molar-refractivity contribution is 0.181. The minimum Gasteiger partial charge on any atom is -0.469 e. The summed E-state index contributed by atoms with van der Waals surface area (Å²) in [5.41, 5.74) is 3.19. The maximum atomic E-state index is 11.7. The van der Waals surface area contributed by atoms with Gasteiger partial charge in [-0.25, -0.2) is 9.79 Å². The Hall–Kier alpha value is -3.74. The van der Waals surface area contributed by atoms with Crippen molar-refractivity contribution in [3.05, 3.63) is 89.9 Å². The van der Waals surface area contributed by atoms with Crippen LogP contribution < -0.4 is 15.5 Å². The Labute approximate surface area is 188 Å². The van der Waals surface area contributed by atoms with Crippen molar-refractivity contribution >= 4 is 17.7 Å². The second kappa shape index (κ2) is 11.0. The minimum absolute atomic E-state index is 0.290. The van der Waals surface area contributed by atoms with E-state index in [9.17, 15) is 4.79 Å². The summed E-state index contributed by atoms with van der Waals surface area (Å²) in [5, 5.41) is 6.81. The van der Waals surface area contributed by atoms with Crippen molar-refractivity contribution in [3.8, 4) is 0 Å². The molecule has 3 aromatic rings. The van der Waals surface area contributed by atoms with Crippen molar-refractivity contribution in [2.75, 3.05) is 31.1 Å². The summed E-state index contributed by atoms with van der Waals surface area (Å²) in [5.74, 6) is 1.71. The van der Waals surface area contributed by atoms with Crippen molar-refractivity contribution in [1.29, 1.82) is 0 Å². The zero-order chi connectivity index (χ0) is 22.0. The number of hydrogen-bond acceptors (Lipinski definition) is 4. The number of rotatable bonds is 9. The second-order valence-corrected chi connectivity index (χ2v) is 7.52. The number of ether oxygens (including phenoxy) is 1. The van der Waals surface area contributed by atoms with Gasteiger partial charge in [0.2, 0.25) is 0 Å². The Morgan fingerprint density at radius 2 is 1.69 bits per heavy atom. The average Bonchev–Trinajstić information content (AvgIpc) is 3.50. The standard InChI is InChI=1S/C25H28N4O3/c30-25-29(16-18-32-25)22-10-8-21(9-11-22)19-28-24(27-15-13-23-7-4-17-31-23)26-14-12-20-5-2-1-3-6-20/h1-11,17H,12-16,18-19H2,(H2,26,27,28). The number of amides is 1. The third kappa shape index (κ3) is 6.14. The van der Waals surface area contributed by atoms with Gasteiger partial charge in [-0.3, -0.25) is 4.90 Å². The molecule has 1 amide bonds. The van der Waals surface area contributed by atoms with Crippen LogP contribution in [0.5, 0.6) is 0 Å². The van der Waals surface area contributed by atoms with E-state index in [0.29, 0.717) is 19.7 Å². The van der Waals surface area contributed by atoms with Crippen LogP contribution in [0.2, 0.25) is 0 Å². The fraction of sp³-hybridized carbons (Fsp3) is 0.280. The molecule has 7 nitrogen and oxygen atoms in total. The number of anilines is 1. The lowest BCUT2D eigenvalue weighted by atomic mass is 10.1. The Kier molecular flexibility index (Phi) is 7.42. The van der Waals surface area contributed by atoms with Crippen molar-refractivity contribution in [3.63, 3.8) is 0 Å². The molecule has 0 aliphatic carbocycles. The molecule has 1 aliphatic rings. The van der Waals surface area contributed by atoms with Crippen LogP contribution in [0, 0.1) is 0 Å². The highest BCUT2D eigenvalue weighted by Gasteiger charge is 2.23. The van der Waals surface area contributed by atoms with Gasteiger partial charge in [0.1, 0.15) is 12.4 Å². The molecule has 0 spiro atoms. The quantitative estimate of drug-likeness (QED) is 0.398. The molecule has 7 heteroatoms. The second-order valence-electron chi connectivity index (χ2n) is 7.52. The molecule has 0 bridgehead atoms. The maximum absolute atomic E-state index is 11.7. The van der Waals surface area contributed by atoms with Crippen molar-refractivity contribution in [1.82, 2.24) is 10.6 Å². The van der Waals surface area contributed by atoms with Crippen LogP contribution >= 0.6 is 0 Å². The van der Waals surface area contributed by atoms with Crippen LogP contribution in [0.3, 0.4) is 0 Å². The van der Waals surface area contributed by atoms with Gasteiger partial charge < -0.3 is 19.8 Å². The number of carbonyl (C=O) groups excluding carboxylic acids is 1. The molecule has 0 saturated carbocycles. The van der Waals surface area contributed by atoms with Crippen LogP contribution in [0.1, 0.15) is 16.9 Å². The zero-order valence-corrected chi connectivity index (χ0v) is 18.0. The van der Waals surface area contributed by atoms with E-state index in [2.05, 4.69) is 34.9 Å². The largest absolute Gasteiger partial charge is 0.469 e. The molecule has 2 heterocycles. The Morgan fingerprint density at radius 3 is 2.38 bits per heavy atom. The Morgan fingerprint density at radius 1 is 0.906 bits per heavy atom. The van der Waals surface area contributed by atoms with Crippen LogP contribution in [-0.4, -0.2) is 38.3 Å². The zero-order valence-electron chi connectivity index (χ0n) is 18.0. The molecular weight excluding hydrogens is 404 g/mol. The van der Waals surface area contributed by atoms with Gasteiger partial charge in [-0.1, -0.05) is 42.5 Å². The summed E-state index contributed by atoms with van der Waals surface area (Å²) in [6.45, 7) is 3.07. The number of cyclic esters (lactones) is 1. The van der Waals surface area contributed by atoms with E-state index >= 15 is 0 Å². The highest BCUT2D eigenvalue weighted by Crippen LogP contribution is 2.19. The Balaban J connectivity index is 1.34. The number of furan rings is 1. The number of nitrogens with zero attached hydrogens (tertiary/aromatic N) is 2. The minimum atomic E-state index is -0.290. The summed E-state index contributed by atoms with van der Waals surface area (Å²) in [6, 6.07) is 22.1. The van der Waals surface area contributed by atoms with Gasteiger partial charge in [0.05, 0.1) is 19.4 Å². The maximum Gasteiger partial charge on any atom is 0.414 e. The highest BCUT2D eigenvalue weighted by molar-refractivity contribution is 5.89. The molecule has 0 atom stereocenters. The number of carbonyl (C=O) groups is 1. The smallest absolute Gasteiger partial charge is 0.414 e. The van der Waals surface area contributed by atoms with Crippen molar-refractivity contribution in [2.24, 2.45) is 4.99 Å². The van der Waals surface area contributed by atoms with Crippen LogP contribution in [0.15, 0.2) is 82.4 Å². The number of nitrogens with one attached hydrogen (secondary N) is 2. The average molecular weight is 433 g/mol. The Bertz CT molecular complexity index is 1000. The summed E-state index contributed by atoms with van der Waals surface area (Å²) < 4.78 is 10.4. The number of aliphatic imine (C=N–C) groups is 1. The monoisotopic (exact) mass is 432 g/mol. The first-order valence-electron chi connectivity index (χ1n) is 10.9. The van der Waals surface area contributed by atoms with Crippen molar-refractivity contribution in [2.45, 2.75) is 19.4 Å². The fourth-order valence-corrected chi connectivity index (χ4v) is 3.48. The molecule has 1 saturated heterocycles. The van der Waals surface area contributed by atoms with E-state index in [1.54, 1.807) is 11.2 Å². The van der Waals surface area contributed by atoms with Gasteiger partial charge >= 0.3 is 6.09 Å². The predicted molar refractivity (Wildman–Crippen MR) is 125 cm³/mol. The van der Waals surface area contributed by atoms with E-state index in [4.69, 9.17) is 14.1 Å². The molecule has 0 radical (unpaired) electrons. The van der Waals surface area contributed by atoms with E-state index in [1.165, 1.54) is 5.56 Å². The van der Waals surface area contributed by atoms with E-state index < -0.39 is 0 Å². The number of benzene rings is 2. The first-order valence-corrected chi connectivity index (χ1v) is 10.9. The molecule has 32 heavy (non-hydrogen) atoms. The van der Waals surface area contributed by atoms with Gasteiger partial charge in [0.15, 0.2) is 5.96 Å². The molecule has 0 unspecified atom stereocenters. The van der Waals surface area contributed by atoms with Gasteiger partial charge in [-0.15, -0.1) is 0 Å². The summed E-state index contributed by atoms with van der Waals surface area (Å²) in [7, 11) is 0. The normalized spacial score (nSPS) is 13.8. The summed E-state index contributed by atoms with van der Waals surface area (Å²) in [4.78, 5) is 18.1. The van der Waals surface area contributed by atoms with Gasteiger partial charge in [0, 0.05) is 25.2 Å². The topological polar surface area (TPSA) is 79.1 Å². The number of guanidine groups is 1. The third-order valence-corrected chi connectivity index (χ3v) is 5.22. The van der Waals surface area contributed by atoms with E-state index in [1.807, 2.05) is 42.5 Å². The first kappa shape index (κ1) is 21.5. The highest BCUT2D eigenvalue weighted by atomic mass is 16.6. The van der Waals surface area contributed by atoms with Gasteiger partial charge in [-0.05, 0) is 41.8 Å². The van der Waals surface area contributed by atoms with E-state index in [0.717, 1.165) is 48.9 Å². The van der Waals surface area contributed by atoms with E-state index in [-0.39, 0.29) is 6.09 Å². The van der Waals surface area contributed by atoms with Gasteiger partial charge in [-0.2, -0.15) is 0 Å². The SMILES string of the molecule is O=C1OCCN1c1ccc(CN=C(NCCc2ccccc2)NCCc2ccco2)cc1. The lowest BCUT2D eigenvalue weighted by Crippen LogP contribution is -2.39. The molecule has 1 fully saturated rings. The first-order chi connectivity index (χ1) is 15.8. The fourth-order valence-electron chi connectivity index (χ4n) is 3.48. The molecule has 166 valence electrons. The van der Waals surface area contributed by atoms with Crippen molar-refractivity contribution < 1.29 is 13.9 Å². The third-order valence-electron chi connectivity index (χ3n) is 5.22. The lowest BCUT2D eigenvalue weighted by Gasteiger charge is -2.14. The molecule has 2 aromatic carbocycles.